The van der Waals surface area contributed by atoms with Crippen LogP contribution in [0.1, 0.15) is 32.1 Å². The van der Waals surface area contributed by atoms with Crippen molar-refractivity contribution >= 4 is 36.5 Å². The summed E-state index contributed by atoms with van der Waals surface area (Å²) in [5.41, 5.74) is 0. The van der Waals surface area contributed by atoms with E-state index in [1.54, 1.807) is 0 Å². The van der Waals surface area contributed by atoms with Crippen LogP contribution in [-0.4, -0.2) is 48.2 Å². The van der Waals surface area contributed by atoms with Crippen molar-refractivity contribution < 1.29 is 17.9 Å². The second-order valence-electron chi connectivity index (χ2n) is 6.67. The number of carbonyl (C=O) groups excluding carboxylic acids is 1. The Labute approximate surface area is 132 Å². The lowest BCUT2D eigenvalue weighted by atomic mass is 9.96. The van der Waals surface area contributed by atoms with Crippen molar-refractivity contribution in [2.45, 2.75) is 48.7 Å². The van der Waals surface area contributed by atoms with Gasteiger partial charge in [0.1, 0.15) is 17.6 Å². The van der Waals surface area contributed by atoms with Crippen molar-refractivity contribution in [3.8, 4) is 0 Å². The first-order chi connectivity index (χ1) is 10.0. The molecule has 2 saturated carbocycles. The third-order valence-electron chi connectivity index (χ3n) is 5.37. The molecule has 4 rings (SSSR count). The van der Waals surface area contributed by atoms with Crippen molar-refractivity contribution in [1.82, 2.24) is 0 Å². The Morgan fingerprint density at radius 3 is 2.71 bits per heavy atom. The lowest BCUT2D eigenvalue weighted by Gasteiger charge is -2.25. The molecule has 2 aliphatic carbocycles. The van der Waals surface area contributed by atoms with E-state index in [4.69, 9.17) is 4.74 Å². The van der Waals surface area contributed by atoms with Gasteiger partial charge in [-0.3, -0.25) is 0 Å². The van der Waals surface area contributed by atoms with Crippen LogP contribution in [0.3, 0.4) is 0 Å². The van der Waals surface area contributed by atoms with E-state index < -0.39 is 8.87 Å². The lowest BCUT2D eigenvalue weighted by molar-refractivity contribution is -0.147. The Hall–Kier alpha value is 0.120. The molecular weight excluding hydrogens is 328 g/mol. The molecule has 4 nitrogen and oxygen atoms in total. The van der Waals surface area contributed by atoms with Gasteiger partial charge in [-0.05, 0) is 65.6 Å². The van der Waals surface area contributed by atoms with Crippen molar-refractivity contribution in [2.24, 2.45) is 11.8 Å². The minimum atomic E-state index is -3.00. The molecule has 2 heterocycles. The SMILES string of the molecule is O=C(C[S+]1CCCCC1)OC1C2CC3C1SS(=O)(=O)C3C2. The van der Waals surface area contributed by atoms with Gasteiger partial charge in [0.15, 0.2) is 0 Å². The van der Waals surface area contributed by atoms with E-state index in [1.807, 2.05) is 0 Å². The van der Waals surface area contributed by atoms with Gasteiger partial charge < -0.3 is 4.74 Å². The third-order valence-corrected chi connectivity index (χ3v) is 12.4. The monoisotopic (exact) mass is 349 g/mol. The van der Waals surface area contributed by atoms with E-state index in [-0.39, 0.29) is 45.3 Å². The highest BCUT2D eigenvalue weighted by Crippen LogP contribution is 2.61. The van der Waals surface area contributed by atoms with E-state index in [2.05, 4.69) is 0 Å². The summed E-state index contributed by atoms with van der Waals surface area (Å²) >= 11 is 0. The molecule has 4 fully saturated rings. The van der Waals surface area contributed by atoms with Crippen LogP contribution in [0.2, 0.25) is 0 Å². The van der Waals surface area contributed by atoms with E-state index >= 15 is 0 Å². The Kier molecular flexibility index (Phi) is 3.74. The first kappa shape index (κ1) is 14.7. The molecule has 5 unspecified atom stereocenters. The number of carbonyl (C=O) groups is 1. The van der Waals surface area contributed by atoms with Gasteiger partial charge >= 0.3 is 5.97 Å². The first-order valence-corrected chi connectivity index (χ1v) is 12.5. The molecule has 0 aromatic heterocycles. The van der Waals surface area contributed by atoms with Crippen LogP contribution in [0, 0.1) is 11.8 Å². The summed E-state index contributed by atoms with van der Waals surface area (Å²) in [6, 6.07) is 0. The predicted octanol–water partition coefficient (Wildman–Crippen LogP) is 1.55. The summed E-state index contributed by atoms with van der Waals surface area (Å²) in [4.78, 5) is 12.2. The second-order valence-corrected chi connectivity index (χ2v) is 13.3. The minimum Gasteiger partial charge on any atom is -0.457 e. The van der Waals surface area contributed by atoms with Gasteiger partial charge in [0, 0.05) is 0 Å². The van der Waals surface area contributed by atoms with Crippen molar-refractivity contribution in [3.05, 3.63) is 0 Å². The van der Waals surface area contributed by atoms with E-state index in [0.29, 0.717) is 12.2 Å². The lowest BCUT2D eigenvalue weighted by Crippen LogP contribution is -2.38. The molecule has 0 aromatic rings. The quantitative estimate of drug-likeness (QED) is 0.440. The van der Waals surface area contributed by atoms with Gasteiger partial charge in [0.2, 0.25) is 14.6 Å². The summed E-state index contributed by atoms with van der Waals surface area (Å²) in [5, 5.41) is -0.148. The summed E-state index contributed by atoms with van der Waals surface area (Å²) in [7, 11) is -1.71. The van der Waals surface area contributed by atoms with Crippen LogP contribution in [0.4, 0.5) is 0 Å². The Balaban J connectivity index is 1.39. The molecule has 21 heavy (non-hydrogen) atoms. The van der Waals surface area contributed by atoms with Gasteiger partial charge in [0.25, 0.3) is 0 Å². The van der Waals surface area contributed by atoms with Crippen molar-refractivity contribution in [1.29, 1.82) is 0 Å². The molecule has 2 bridgehead atoms. The molecule has 0 amide bonds. The molecule has 0 radical (unpaired) electrons. The highest BCUT2D eigenvalue weighted by atomic mass is 33.1. The largest absolute Gasteiger partial charge is 0.457 e. The number of fused-ring (bicyclic) bond motifs is 1. The topological polar surface area (TPSA) is 60.4 Å². The highest BCUT2D eigenvalue weighted by molar-refractivity contribution is 8.73. The molecule has 0 N–H and O–H groups in total. The normalized spacial score (nSPS) is 44.1. The van der Waals surface area contributed by atoms with Crippen LogP contribution in [0.15, 0.2) is 0 Å². The average Bonchev–Trinajstić information content (AvgIpc) is 3.04. The van der Waals surface area contributed by atoms with Gasteiger partial charge in [-0.25, -0.2) is 13.2 Å². The van der Waals surface area contributed by atoms with E-state index in [9.17, 15) is 13.2 Å². The van der Waals surface area contributed by atoms with Gasteiger partial charge in [-0.1, -0.05) is 0 Å². The molecule has 2 saturated heterocycles. The number of rotatable bonds is 3. The second kappa shape index (κ2) is 5.34. The van der Waals surface area contributed by atoms with E-state index in [1.165, 1.54) is 30.8 Å². The van der Waals surface area contributed by atoms with Crippen LogP contribution in [-0.2, 0) is 29.3 Å². The van der Waals surface area contributed by atoms with Crippen LogP contribution < -0.4 is 0 Å². The van der Waals surface area contributed by atoms with Gasteiger partial charge in [-0.2, -0.15) is 0 Å². The van der Waals surface area contributed by atoms with Gasteiger partial charge in [0.05, 0.1) is 10.5 Å². The smallest absolute Gasteiger partial charge is 0.356 e. The summed E-state index contributed by atoms with van der Waals surface area (Å²) in [6.07, 6.45) is 5.27. The maximum atomic E-state index is 12.2. The average molecular weight is 350 g/mol. The summed E-state index contributed by atoms with van der Waals surface area (Å²) < 4.78 is 29.9. The molecule has 2 aliphatic heterocycles. The number of esters is 1. The molecule has 0 aromatic carbocycles. The van der Waals surface area contributed by atoms with Crippen molar-refractivity contribution in [3.63, 3.8) is 0 Å². The van der Waals surface area contributed by atoms with Crippen LogP contribution in [0.5, 0.6) is 0 Å². The molecule has 5 atom stereocenters. The predicted molar refractivity (Wildman–Crippen MR) is 86.0 cm³/mol. The Morgan fingerprint density at radius 1 is 1.19 bits per heavy atom. The van der Waals surface area contributed by atoms with Crippen molar-refractivity contribution in [2.75, 3.05) is 17.3 Å². The van der Waals surface area contributed by atoms with Crippen LogP contribution >= 0.6 is 10.8 Å². The standard InChI is InChI=1S/C14H21O4S3/c15-12(8-20-4-2-1-3-5-20)18-13-9-6-10-11(7-9)21(16,17)19-14(10)13/h9-11,13-14H,1-8H2/q+1. The van der Waals surface area contributed by atoms with E-state index in [0.717, 1.165) is 17.2 Å². The molecule has 0 spiro atoms. The number of hydrogen-bond acceptors (Lipinski definition) is 5. The summed E-state index contributed by atoms with van der Waals surface area (Å²) in [5.74, 6) is 3.33. The zero-order valence-corrected chi connectivity index (χ0v) is 14.4. The minimum absolute atomic E-state index is 0.0115. The zero-order chi connectivity index (χ0) is 14.6. The number of hydrogen-bond donors (Lipinski definition) is 0. The maximum Gasteiger partial charge on any atom is 0.356 e. The maximum absolute atomic E-state index is 12.2. The Morgan fingerprint density at radius 2 is 1.95 bits per heavy atom. The molecule has 4 aliphatic rings. The van der Waals surface area contributed by atoms with Gasteiger partial charge in [-0.15, -0.1) is 0 Å². The van der Waals surface area contributed by atoms with Crippen LogP contribution in [0.25, 0.3) is 0 Å². The fourth-order valence-corrected chi connectivity index (χ4v) is 11.9. The molecular formula is C14H21O4S3+. The third kappa shape index (κ3) is 2.53. The highest BCUT2D eigenvalue weighted by Gasteiger charge is 2.64. The fraction of sp³-hybridized carbons (Fsp3) is 0.929. The Bertz CT molecular complexity index is 540. The first-order valence-electron chi connectivity index (χ1n) is 7.80. The zero-order valence-electron chi connectivity index (χ0n) is 11.9. The molecule has 118 valence electrons. The fourth-order valence-electron chi connectivity index (χ4n) is 4.43. The summed E-state index contributed by atoms with van der Waals surface area (Å²) in [6.45, 7) is 0. The number of ether oxygens (including phenoxy) is 1. The molecule has 7 heteroatoms.